The first-order chi connectivity index (χ1) is 18.2. The summed E-state index contributed by atoms with van der Waals surface area (Å²) in [4.78, 5) is 28.5. The number of nitrogens with zero attached hydrogens (tertiary/aromatic N) is 1. The van der Waals surface area contributed by atoms with Gasteiger partial charge in [-0.25, -0.2) is 0 Å². The van der Waals surface area contributed by atoms with Crippen molar-refractivity contribution in [3.05, 3.63) is 156 Å². The number of carbonyl (C=O) groups is 2. The highest BCUT2D eigenvalue weighted by Gasteiger charge is 2.33. The van der Waals surface area contributed by atoms with Crippen molar-refractivity contribution < 1.29 is 9.59 Å². The Bertz CT molecular complexity index is 1580. The maximum atomic E-state index is 13.2. The van der Waals surface area contributed by atoms with Gasteiger partial charge >= 0.3 is 0 Å². The first kappa shape index (κ1) is 22.4. The highest BCUT2D eigenvalue weighted by atomic mass is 16.2. The highest BCUT2D eigenvalue weighted by molar-refractivity contribution is 6.41. The third kappa shape index (κ3) is 4.28. The lowest BCUT2D eigenvalue weighted by Crippen LogP contribution is -2.09. The minimum atomic E-state index is -0.225. The van der Waals surface area contributed by atoms with Crippen LogP contribution >= 0.6 is 0 Å². The van der Waals surface area contributed by atoms with E-state index in [1.807, 2.05) is 103 Å². The van der Waals surface area contributed by atoms with Gasteiger partial charge in [0.25, 0.3) is 0 Å². The smallest absolute Gasteiger partial charge is 0.197 e. The first-order valence-corrected chi connectivity index (χ1v) is 12.2. The molecule has 0 aromatic heterocycles. The van der Waals surface area contributed by atoms with Crippen LogP contribution in [0.3, 0.4) is 0 Å². The molecule has 0 N–H and O–H groups in total. The minimum Gasteiger partial charge on any atom is -0.311 e. The molecule has 5 aromatic rings. The number of para-hydroxylation sites is 2. The SMILES string of the molecule is O=C1/C(=C\c2ccc(N(c3ccccc3)c3ccccc3)cc2)C(=O)c2cc(-c3ccccc3)ccc21. The van der Waals surface area contributed by atoms with Gasteiger partial charge in [-0.05, 0) is 71.3 Å². The van der Waals surface area contributed by atoms with E-state index in [1.165, 1.54) is 0 Å². The van der Waals surface area contributed by atoms with Crippen LogP contribution in [0, 0.1) is 0 Å². The van der Waals surface area contributed by atoms with Gasteiger partial charge in [0.1, 0.15) is 0 Å². The van der Waals surface area contributed by atoms with Crippen LogP contribution < -0.4 is 4.90 Å². The van der Waals surface area contributed by atoms with Crippen molar-refractivity contribution in [3.8, 4) is 11.1 Å². The number of rotatable bonds is 5. The number of carbonyl (C=O) groups excluding carboxylic acids is 2. The van der Waals surface area contributed by atoms with E-state index in [4.69, 9.17) is 0 Å². The molecule has 0 radical (unpaired) electrons. The Kier molecular flexibility index (Phi) is 5.80. The van der Waals surface area contributed by atoms with Gasteiger partial charge in [-0.3, -0.25) is 9.59 Å². The van der Waals surface area contributed by atoms with Gasteiger partial charge in [0.15, 0.2) is 11.6 Å². The molecule has 176 valence electrons. The number of ketones is 2. The molecule has 5 aromatic carbocycles. The van der Waals surface area contributed by atoms with E-state index < -0.39 is 0 Å². The molecule has 1 aliphatic carbocycles. The normalized spacial score (nSPS) is 13.6. The Hall–Kier alpha value is -5.02. The summed E-state index contributed by atoms with van der Waals surface area (Å²) < 4.78 is 0. The van der Waals surface area contributed by atoms with E-state index in [-0.39, 0.29) is 17.1 Å². The number of benzene rings is 5. The summed E-state index contributed by atoms with van der Waals surface area (Å²) >= 11 is 0. The van der Waals surface area contributed by atoms with Crippen LogP contribution in [-0.4, -0.2) is 11.6 Å². The average molecular weight is 478 g/mol. The van der Waals surface area contributed by atoms with Crippen LogP contribution in [0.25, 0.3) is 17.2 Å². The topological polar surface area (TPSA) is 37.4 Å². The summed E-state index contributed by atoms with van der Waals surface area (Å²) in [7, 11) is 0. The minimum absolute atomic E-state index is 0.205. The summed E-state index contributed by atoms with van der Waals surface area (Å²) in [6.07, 6.45) is 1.70. The monoisotopic (exact) mass is 477 g/mol. The van der Waals surface area contributed by atoms with Crippen molar-refractivity contribution in [1.29, 1.82) is 0 Å². The summed E-state index contributed by atoms with van der Waals surface area (Å²) in [6, 6.07) is 43.6. The van der Waals surface area contributed by atoms with E-state index >= 15 is 0 Å². The second-order valence-corrected chi connectivity index (χ2v) is 8.94. The maximum Gasteiger partial charge on any atom is 0.197 e. The van der Waals surface area contributed by atoms with Gasteiger partial charge in [0, 0.05) is 28.2 Å². The average Bonchev–Trinajstić information content (AvgIpc) is 3.20. The molecule has 0 spiro atoms. The van der Waals surface area contributed by atoms with Crippen molar-refractivity contribution in [2.45, 2.75) is 0 Å². The summed E-state index contributed by atoms with van der Waals surface area (Å²) in [5.74, 6) is -0.448. The molecule has 3 nitrogen and oxygen atoms in total. The molecular weight excluding hydrogens is 454 g/mol. The molecule has 0 unspecified atom stereocenters. The lowest BCUT2D eigenvalue weighted by molar-refractivity contribution is 0.0990. The number of hydrogen-bond acceptors (Lipinski definition) is 3. The van der Waals surface area contributed by atoms with Gasteiger partial charge in [-0.1, -0.05) is 84.9 Å². The van der Waals surface area contributed by atoms with Crippen LogP contribution in [0.2, 0.25) is 0 Å². The van der Waals surface area contributed by atoms with E-state index in [1.54, 1.807) is 12.1 Å². The fraction of sp³-hybridized carbons (Fsp3) is 0. The van der Waals surface area contributed by atoms with Crippen molar-refractivity contribution in [2.75, 3.05) is 4.90 Å². The van der Waals surface area contributed by atoms with Crippen LogP contribution in [0.5, 0.6) is 0 Å². The molecule has 6 rings (SSSR count). The summed E-state index contributed by atoms with van der Waals surface area (Å²) in [5, 5.41) is 0. The molecule has 1 aliphatic rings. The molecule has 0 aliphatic heterocycles. The Morgan fingerprint density at radius 2 is 0.973 bits per heavy atom. The van der Waals surface area contributed by atoms with E-state index in [9.17, 15) is 9.59 Å². The van der Waals surface area contributed by atoms with Crippen LogP contribution in [0.1, 0.15) is 26.3 Å². The number of hydrogen-bond donors (Lipinski definition) is 0. The molecule has 0 atom stereocenters. The van der Waals surface area contributed by atoms with Gasteiger partial charge < -0.3 is 4.90 Å². The lowest BCUT2D eigenvalue weighted by Gasteiger charge is -2.25. The van der Waals surface area contributed by atoms with Gasteiger partial charge in [-0.15, -0.1) is 0 Å². The van der Waals surface area contributed by atoms with Crippen molar-refractivity contribution in [1.82, 2.24) is 0 Å². The van der Waals surface area contributed by atoms with Gasteiger partial charge in [0.05, 0.1) is 5.57 Å². The third-order valence-electron chi connectivity index (χ3n) is 6.60. The number of anilines is 3. The fourth-order valence-corrected chi connectivity index (χ4v) is 4.75. The van der Waals surface area contributed by atoms with Crippen molar-refractivity contribution >= 4 is 34.7 Å². The Morgan fingerprint density at radius 3 is 1.57 bits per heavy atom. The van der Waals surface area contributed by atoms with Gasteiger partial charge in [0.2, 0.25) is 0 Å². The predicted molar refractivity (Wildman–Crippen MR) is 150 cm³/mol. The van der Waals surface area contributed by atoms with Crippen molar-refractivity contribution in [2.24, 2.45) is 0 Å². The molecule has 37 heavy (non-hydrogen) atoms. The predicted octanol–water partition coefficient (Wildman–Crippen LogP) is 8.29. The molecule has 0 heterocycles. The molecule has 0 saturated carbocycles. The molecule has 0 fully saturated rings. The Labute approximate surface area is 216 Å². The highest BCUT2D eigenvalue weighted by Crippen LogP contribution is 2.35. The second-order valence-electron chi connectivity index (χ2n) is 8.94. The van der Waals surface area contributed by atoms with E-state index in [0.717, 1.165) is 33.8 Å². The zero-order chi connectivity index (χ0) is 25.2. The fourth-order valence-electron chi connectivity index (χ4n) is 4.75. The molecule has 0 amide bonds. The number of fused-ring (bicyclic) bond motifs is 1. The molecule has 0 saturated heterocycles. The quantitative estimate of drug-likeness (QED) is 0.189. The van der Waals surface area contributed by atoms with Gasteiger partial charge in [-0.2, -0.15) is 0 Å². The molecule has 3 heteroatoms. The summed E-state index contributed by atoms with van der Waals surface area (Å²) in [6.45, 7) is 0. The standard InChI is InChI=1S/C34H23NO2/c36-33-30-21-18-26(25-10-4-1-5-11-25)23-31(30)34(37)32(33)22-24-16-19-29(20-17-24)35(27-12-6-2-7-13-27)28-14-8-3-9-15-28/h1-23H/b32-22+. The maximum absolute atomic E-state index is 13.2. The first-order valence-electron chi connectivity index (χ1n) is 12.2. The Morgan fingerprint density at radius 1 is 0.459 bits per heavy atom. The molecule has 0 bridgehead atoms. The van der Waals surface area contributed by atoms with Crippen molar-refractivity contribution in [3.63, 3.8) is 0 Å². The summed E-state index contributed by atoms with van der Waals surface area (Å²) in [5.41, 5.74) is 6.96. The van der Waals surface area contributed by atoms with Crippen LogP contribution in [0.15, 0.2) is 139 Å². The van der Waals surface area contributed by atoms with E-state index in [2.05, 4.69) is 29.2 Å². The van der Waals surface area contributed by atoms with E-state index in [0.29, 0.717) is 11.1 Å². The number of Topliss-reactive ketones (excluding diaryl/α,β-unsaturated/α-hetero) is 2. The van der Waals surface area contributed by atoms with Crippen LogP contribution in [0.4, 0.5) is 17.1 Å². The largest absolute Gasteiger partial charge is 0.311 e. The second kappa shape index (κ2) is 9.56. The number of allylic oxidation sites excluding steroid dienone is 1. The molecular formula is C34H23NO2. The zero-order valence-electron chi connectivity index (χ0n) is 20.0. The Balaban J connectivity index is 1.32. The lowest BCUT2D eigenvalue weighted by atomic mass is 10.0. The third-order valence-corrected chi connectivity index (χ3v) is 6.60. The zero-order valence-corrected chi connectivity index (χ0v) is 20.0. The van der Waals surface area contributed by atoms with Crippen LogP contribution in [-0.2, 0) is 0 Å².